The average Bonchev–Trinajstić information content (AvgIpc) is 3.19. The zero-order valence-corrected chi connectivity index (χ0v) is 17.9. The molecule has 1 fully saturated rings. The molecule has 4 rings (SSSR count). The Labute approximate surface area is 175 Å². The molecule has 6 nitrogen and oxygen atoms in total. The fourth-order valence-corrected chi connectivity index (χ4v) is 5.98. The van der Waals surface area contributed by atoms with Gasteiger partial charge in [0, 0.05) is 31.8 Å². The third-order valence-electron chi connectivity index (χ3n) is 5.26. The van der Waals surface area contributed by atoms with E-state index in [9.17, 15) is 13.2 Å². The van der Waals surface area contributed by atoms with Crippen molar-refractivity contribution in [1.29, 1.82) is 0 Å². The molecule has 0 N–H and O–H groups in total. The van der Waals surface area contributed by atoms with Crippen LogP contribution < -0.4 is 0 Å². The van der Waals surface area contributed by atoms with Gasteiger partial charge in [-0.05, 0) is 41.3 Å². The van der Waals surface area contributed by atoms with E-state index in [0.717, 1.165) is 12.0 Å². The molecule has 0 spiro atoms. The highest BCUT2D eigenvalue weighted by Crippen LogP contribution is 2.33. The molecular weight excluding hydrogens is 406 g/mol. The Morgan fingerprint density at radius 1 is 1.10 bits per heavy atom. The van der Waals surface area contributed by atoms with Crippen molar-refractivity contribution in [3.63, 3.8) is 0 Å². The lowest BCUT2D eigenvalue weighted by Crippen LogP contribution is -2.38. The van der Waals surface area contributed by atoms with Crippen LogP contribution in [0.3, 0.4) is 0 Å². The van der Waals surface area contributed by atoms with Crippen LogP contribution in [-0.4, -0.2) is 56.1 Å². The van der Waals surface area contributed by atoms with Gasteiger partial charge >= 0.3 is 0 Å². The molecule has 152 valence electrons. The van der Waals surface area contributed by atoms with E-state index in [4.69, 9.17) is 0 Å². The molecule has 0 radical (unpaired) electrons. The van der Waals surface area contributed by atoms with Crippen LogP contribution in [-0.2, 0) is 21.2 Å². The van der Waals surface area contributed by atoms with Gasteiger partial charge in [0.25, 0.3) is 10.0 Å². The van der Waals surface area contributed by atoms with E-state index in [0.29, 0.717) is 49.6 Å². The predicted octanol–water partition coefficient (Wildman–Crippen LogP) is 3.00. The number of amides is 1. The maximum atomic E-state index is 12.7. The van der Waals surface area contributed by atoms with Crippen molar-refractivity contribution in [3.8, 4) is 0 Å². The second kappa shape index (κ2) is 8.12. The molecule has 1 saturated heterocycles. The number of thiophene rings is 1. The summed E-state index contributed by atoms with van der Waals surface area (Å²) >= 11 is 1.59. The first-order valence-electron chi connectivity index (χ1n) is 9.61. The normalized spacial score (nSPS) is 19.3. The third-order valence-corrected chi connectivity index (χ3v) is 7.46. The van der Waals surface area contributed by atoms with Gasteiger partial charge in [-0.25, -0.2) is 0 Å². The summed E-state index contributed by atoms with van der Waals surface area (Å²) in [7, 11) is -3.72. The maximum absolute atomic E-state index is 12.7. The lowest BCUT2D eigenvalue weighted by molar-refractivity contribution is -0.130. The van der Waals surface area contributed by atoms with E-state index >= 15 is 0 Å². The lowest BCUT2D eigenvalue weighted by atomic mass is 10.1. The number of benzene rings is 1. The van der Waals surface area contributed by atoms with Crippen LogP contribution in [0.2, 0.25) is 0 Å². The zero-order valence-electron chi connectivity index (χ0n) is 16.2. The number of carbonyl (C=O) groups excluding carboxylic acids is 1. The number of nitrogens with zero attached hydrogens (tertiary/aromatic N) is 3. The number of amidine groups is 1. The monoisotopic (exact) mass is 429 g/mol. The highest BCUT2D eigenvalue weighted by molar-refractivity contribution is 8.00. The number of hydrogen-bond donors (Lipinski definition) is 0. The Morgan fingerprint density at radius 3 is 2.62 bits per heavy atom. The van der Waals surface area contributed by atoms with E-state index in [-0.39, 0.29) is 10.8 Å². The molecule has 1 amide bonds. The zero-order chi connectivity index (χ0) is 20.4. The lowest BCUT2D eigenvalue weighted by Gasteiger charge is -2.23. The van der Waals surface area contributed by atoms with Gasteiger partial charge in [0.2, 0.25) is 5.91 Å². The van der Waals surface area contributed by atoms with Crippen molar-refractivity contribution in [1.82, 2.24) is 9.80 Å². The summed E-state index contributed by atoms with van der Waals surface area (Å²) in [5.74, 6) is 0.624. The van der Waals surface area contributed by atoms with Crippen LogP contribution >= 0.6 is 11.3 Å². The first-order chi connectivity index (χ1) is 14.0. The molecule has 3 heterocycles. The van der Waals surface area contributed by atoms with Crippen molar-refractivity contribution >= 4 is 38.0 Å². The highest BCUT2D eigenvalue weighted by Gasteiger charge is 2.34. The molecule has 1 aromatic heterocycles. The van der Waals surface area contributed by atoms with Crippen LogP contribution in [0.25, 0.3) is 4.91 Å². The Hall–Kier alpha value is -2.45. The Balaban J connectivity index is 1.51. The Kier molecular flexibility index (Phi) is 5.56. The van der Waals surface area contributed by atoms with E-state index in [1.807, 2.05) is 51.7 Å². The van der Waals surface area contributed by atoms with Crippen molar-refractivity contribution in [2.24, 2.45) is 4.40 Å². The Bertz CT molecular complexity index is 1060. The number of carbonyl (C=O) groups is 1. The molecular formula is C21H23N3O3S2. The van der Waals surface area contributed by atoms with Gasteiger partial charge in [-0.1, -0.05) is 30.3 Å². The quantitative estimate of drug-likeness (QED) is 0.752. The van der Waals surface area contributed by atoms with Gasteiger partial charge in [0.1, 0.15) is 10.7 Å². The predicted molar refractivity (Wildman–Crippen MR) is 116 cm³/mol. The average molecular weight is 430 g/mol. The first-order valence-corrected chi connectivity index (χ1v) is 12.0. The summed E-state index contributed by atoms with van der Waals surface area (Å²) in [6.07, 6.45) is 1.19. The summed E-state index contributed by atoms with van der Waals surface area (Å²) in [6.45, 7) is 4.30. The minimum atomic E-state index is -3.72. The number of hydrogen-bond acceptors (Lipinski definition) is 5. The van der Waals surface area contributed by atoms with E-state index in [1.165, 1.54) is 0 Å². The molecule has 0 saturated carbocycles. The molecule has 2 aliphatic rings. The van der Waals surface area contributed by atoms with Crippen LogP contribution in [0, 0.1) is 0 Å². The number of sulfonamides is 1. The van der Waals surface area contributed by atoms with Crippen LogP contribution in [0.5, 0.6) is 0 Å². The molecule has 0 aliphatic carbocycles. The van der Waals surface area contributed by atoms with Crippen molar-refractivity contribution in [3.05, 3.63) is 63.9 Å². The first kappa shape index (κ1) is 19.8. The maximum Gasteiger partial charge on any atom is 0.285 e. The largest absolute Gasteiger partial charge is 0.354 e. The van der Waals surface area contributed by atoms with Crippen LogP contribution in [0.1, 0.15) is 24.5 Å². The molecule has 0 unspecified atom stereocenters. The Morgan fingerprint density at radius 2 is 1.90 bits per heavy atom. The second-order valence-corrected chi connectivity index (χ2v) is 9.56. The highest BCUT2D eigenvalue weighted by atomic mass is 32.2. The van der Waals surface area contributed by atoms with Gasteiger partial charge < -0.3 is 9.80 Å². The van der Waals surface area contributed by atoms with Gasteiger partial charge in [-0.2, -0.15) is 19.8 Å². The van der Waals surface area contributed by atoms with Crippen molar-refractivity contribution in [2.75, 3.05) is 26.2 Å². The molecule has 0 bridgehead atoms. The van der Waals surface area contributed by atoms with Crippen molar-refractivity contribution in [2.45, 2.75) is 19.8 Å². The van der Waals surface area contributed by atoms with Gasteiger partial charge in [0.05, 0.1) is 6.42 Å². The fraction of sp³-hybridized carbons (Fsp3) is 0.333. The summed E-state index contributed by atoms with van der Waals surface area (Å²) in [5, 5.41) is 3.98. The minimum Gasteiger partial charge on any atom is -0.354 e. The summed E-state index contributed by atoms with van der Waals surface area (Å²) in [6, 6.07) is 11.1. The van der Waals surface area contributed by atoms with Gasteiger partial charge in [-0.15, -0.1) is 4.40 Å². The van der Waals surface area contributed by atoms with E-state index in [2.05, 4.69) is 4.40 Å². The standard InChI is InChI=1S/C21H23N3O3S2/c1-16-20(18-6-3-2-4-7-18)29(26,27)22-21(16)24-10-5-9-23(11-12-24)19(25)14-17-8-13-28-15-17/h2-4,6-8,13,15H,5,9-12,14H2,1H3. The SMILES string of the molecule is CC1=C(c2ccccc2)S(=O)(=O)N=C1N1CCCN(C(=O)Cc2ccsc2)CC1. The van der Waals surface area contributed by atoms with Crippen molar-refractivity contribution < 1.29 is 13.2 Å². The fourth-order valence-electron chi connectivity index (χ4n) is 3.83. The molecule has 1 aromatic carbocycles. The topological polar surface area (TPSA) is 70.1 Å². The van der Waals surface area contributed by atoms with Gasteiger partial charge in [-0.3, -0.25) is 4.79 Å². The molecule has 2 aliphatic heterocycles. The van der Waals surface area contributed by atoms with Crippen LogP contribution in [0.4, 0.5) is 0 Å². The summed E-state index contributed by atoms with van der Waals surface area (Å²) in [4.78, 5) is 16.8. The van der Waals surface area contributed by atoms with Gasteiger partial charge in [0.15, 0.2) is 0 Å². The second-order valence-electron chi connectivity index (χ2n) is 7.24. The number of rotatable bonds is 3. The minimum absolute atomic E-state index is 0.114. The molecule has 8 heteroatoms. The third kappa shape index (κ3) is 4.13. The summed E-state index contributed by atoms with van der Waals surface area (Å²) < 4.78 is 29.5. The van der Waals surface area contributed by atoms with E-state index in [1.54, 1.807) is 23.5 Å². The van der Waals surface area contributed by atoms with E-state index < -0.39 is 10.0 Å². The summed E-state index contributed by atoms with van der Waals surface area (Å²) in [5.41, 5.74) is 2.37. The van der Waals surface area contributed by atoms with Crippen LogP contribution in [0.15, 0.2) is 57.1 Å². The molecule has 29 heavy (non-hydrogen) atoms. The smallest absolute Gasteiger partial charge is 0.285 e. The molecule has 2 aromatic rings. The molecule has 0 atom stereocenters.